The molecule has 1 heterocycles. The van der Waals surface area contributed by atoms with Crippen LogP contribution in [0.2, 0.25) is 5.02 Å². The zero-order valence-corrected chi connectivity index (χ0v) is 15.0. The van der Waals surface area contributed by atoms with Crippen LogP contribution in [0.1, 0.15) is 36.8 Å². The van der Waals surface area contributed by atoms with E-state index in [0.717, 1.165) is 34.6 Å². The highest BCUT2D eigenvalue weighted by molar-refractivity contribution is 9.10. The van der Waals surface area contributed by atoms with Gasteiger partial charge in [-0.15, -0.1) is 0 Å². The summed E-state index contributed by atoms with van der Waals surface area (Å²) in [7, 11) is 1.99. The second-order valence-corrected chi connectivity index (χ2v) is 6.28. The van der Waals surface area contributed by atoms with Crippen molar-refractivity contribution in [3.05, 3.63) is 50.7 Å². The number of nitrogens with zero attached hydrogens (tertiary/aromatic N) is 2. The Morgan fingerprint density at radius 2 is 2.10 bits per heavy atom. The Balaban J connectivity index is 2.26. The second-order valence-electron chi connectivity index (χ2n) is 5.02. The number of aryl methyl sites for hydroxylation is 2. The number of likely N-dealkylation sites (N-methyl/N-ethyl adjacent to an activating group) is 1. The zero-order chi connectivity index (χ0) is 15.4. The molecule has 0 saturated carbocycles. The fourth-order valence-corrected chi connectivity index (χ4v) is 2.96. The van der Waals surface area contributed by atoms with Gasteiger partial charge in [-0.25, -0.2) is 0 Å². The molecule has 0 saturated heterocycles. The summed E-state index contributed by atoms with van der Waals surface area (Å²) in [6, 6.07) is 8.53. The van der Waals surface area contributed by atoms with Crippen molar-refractivity contribution in [2.45, 2.75) is 39.3 Å². The minimum Gasteiger partial charge on any atom is -0.313 e. The predicted molar refractivity (Wildman–Crippen MR) is 91.9 cm³/mol. The quantitative estimate of drug-likeness (QED) is 0.817. The average Bonchev–Trinajstić information content (AvgIpc) is 2.90. The highest BCUT2D eigenvalue weighted by atomic mass is 79.9. The number of nitrogens with one attached hydrogen (secondary N) is 1. The molecule has 114 valence electrons. The molecule has 2 rings (SSSR count). The lowest BCUT2D eigenvalue weighted by Crippen LogP contribution is -2.20. The number of benzene rings is 1. The molecule has 0 amide bonds. The minimum atomic E-state index is 0.241. The third-order valence-electron chi connectivity index (χ3n) is 3.68. The first-order chi connectivity index (χ1) is 10.1. The summed E-state index contributed by atoms with van der Waals surface area (Å²) in [5, 5.41) is 8.74. The van der Waals surface area contributed by atoms with Gasteiger partial charge >= 0.3 is 0 Å². The van der Waals surface area contributed by atoms with Crippen LogP contribution in [-0.4, -0.2) is 16.8 Å². The summed E-state index contributed by atoms with van der Waals surface area (Å²) in [5.41, 5.74) is 3.63. The van der Waals surface area contributed by atoms with Gasteiger partial charge in [0.05, 0.1) is 10.7 Å². The highest BCUT2D eigenvalue weighted by Crippen LogP contribution is 2.27. The maximum atomic E-state index is 6.08. The second kappa shape index (κ2) is 7.43. The van der Waals surface area contributed by atoms with Gasteiger partial charge in [0, 0.05) is 29.2 Å². The Labute approximate surface area is 139 Å². The SMILES string of the molecule is CCc1cc(CC(NC)c2ccc(Cl)c(Br)c2)n(CC)n1. The van der Waals surface area contributed by atoms with E-state index in [1.54, 1.807) is 0 Å². The van der Waals surface area contributed by atoms with Crippen LogP contribution in [-0.2, 0) is 19.4 Å². The Morgan fingerprint density at radius 1 is 1.33 bits per heavy atom. The molecule has 2 aromatic rings. The molecule has 0 aliphatic carbocycles. The standard InChI is InChI=1S/C16H21BrClN3/c1-4-12-9-13(21(5-2)20-12)10-16(19-3)11-6-7-15(18)14(17)8-11/h6-9,16,19H,4-5,10H2,1-3H3. The lowest BCUT2D eigenvalue weighted by Gasteiger charge is -2.18. The van der Waals surface area contributed by atoms with Gasteiger partial charge in [-0.1, -0.05) is 24.6 Å². The van der Waals surface area contributed by atoms with Crippen molar-refractivity contribution >= 4 is 27.5 Å². The molecule has 0 spiro atoms. The molecule has 21 heavy (non-hydrogen) atoms. The Kier molecular flexibility index (Phi) is 5.85. The molecule has 0 aliphatic heterocycles. The fourth-order valence-electron chi connectivity index (χ4n) is 2.45. The van der Waals surface area contributed by atoms with E-state index in [1.165, 1.54) is 11.3 Å². The summed E-state index contributed by atoms with van der Waals surface area (Å²) in [6.07, 6.45) is 1.88. The first kappa shape index (κ1) is 16.5. The van der Waals surface area contributed by atoms with Crippen LogP contribution in [0.4, 0.5) is 0 Å². The molecule has 0 radical (unpaired) electrons. The monoisotopic (exact) mass is 369 g/mol. The predicted octanol–water partition coefficient (Wildman–Crippen LogP) is 4.38. The van der Waals surface area contributed by atoms with Gasteiger partial charge in [0.15, 0.2) is 0 Å². The first-order valence-corrected chi connectivity index (χ1v) is 8.43. The molecule has 1 aromatic heterocycles. The number of hydrogen-bond acceptors (Lipinski definition) is 2. The van der Waals surface area contributed by atoms with Crippen molar-refractivity contribution in [3.8, 4) is 0 Å². The maximum Gasteiger partial charge on any atom is 0.0624 e. The van der Waals surface area contributed by atoms with Crippen LogP contribution in [0.25, 0.3) is 0 Å². The van der Waals surface area contributed by atoms with Crippen LogP contribution in [0, 0.1) is 0 Å². The molecule has 1 atom stereocenters. The van der Waals surface area contributed by atoms with Crippen LogP contribution in [0.5, 0.6) is 0 Å². The molecule has 0 bridgehead atoms. The van der Waals surface area contributed by atoms with E-state index in [9.17, 15) is 0 Å². The molecule has 0 fully saturated rings. The molecule has 3 nitrogen and oxygen atoms in total. The van der Waals surface area contributed by atoms with E-state index in [2.05, 4.69) is 63.1 Å². The van der Waals surface area contributed by atoms with E-state index in [1.807, 2.05) is 13.1 Å². The van der Waals surface area contributed by atoms with Gasteiger partial charge in [-0.3, -0.25) is 4.68 Å². The maximum absolute atomic E-state index is 6.08. The van der Waals surface area contributed by atoms with Gasteiger partial charge in [0.25, 0.3) is 0 Å². The zero-order valence-electron chi connectivity index (χ0n) is 12.7. The normalized spacial score (nSPS) is 12.6. The van der Waals surface area contributed by atoms with Crippen LogP contribution < -0.4 is 5.32 Å². The third-order valence-corrected chi connectivity index (χ3v) is 4.90. The summed E-state index contributed by atoms with van der Waals surface area (Å²) in [6.45, 7) is 5.16. The van der Waals surface area contributed by atoms with Crippen molar-refractivity contribution in [1.29, 1.82) is 0 Å². The molecular formula is C16H21BrClN3. The van der Waals surface area contributed by atoms with E-state index in [-0.39, 0.29) is 6.04 Å². The Bertz CT molecular complexity index is 610. The van der Waals surface area contributed by atoms with Crippen molar-refractivity contribution in [3.63, 3.8) is 0 Å². The number of aromatic nitrogens is 2. The van der Waals surface area contributed by atoms with E-state index < -0.39 is 0 Å². The number of rotatable bonds is 6. The molecule has 0 aliphatic rings. The van der Waals surface area contributed by atoms with Gasteiger partial charge in [-0.05, 0) is 60.1 Å². The molecule has 1 aromatic carbocycles. The minimum absolute atomic E-state index is 0.241. The smallest absolute Gasteiger partial charge is 0.0624 e. The largest absolute Gasteiger partial charge is 0.313 e. The van der Waals surface area contributed by atoms with E-state index >= 15 is 0 Å². The summed E-state index contributed by atoms with van der Waals surface area (Å²) >= 11 is 9.57. The van der Waals surface area contributed by atoms with Crippen molar-refractivity contribution in [2.24, 2.45) is 0 Å². The van der Waals surface area contributed by atoms with Crippen LogP contribution >= 0.6 is 27.5 Å². The average molecular weight is 371 g/mol. The summed E-state index contributed by atoms with van der Waals surface area (Å²) < 4.78 is 3.02. The first-order valence-electron chi connectivity index (χ1n) is 7.26. The molecule has 1 unspecified atom stereocenters. The number of hydrogen-bond donors (Lipinski definition) is 1. The van der Waals surface area contributed by atoms with Crippen LogP contribution in [0.3, 0.4) is 0 Å². The molecular weight excluding hydrogens is 350 g/mol. The summed E-state index contributed by atoms with van der Waals surface area (Å²) in [5.74, 6) is 0. The van der Waals surface area contributed by atoms with Crippen LogP contribution in [0.15, 0.2) is 28.7 Å². The van der Waals surface area contributed by atoms with Gasteiger partial charge < -0.3 is 5.32 Å². The van der Waals surface area contributed by atoms with Crippen molar-refractivity contribution in [1.82, 2.24) is 15.1 Å². The molecule has 1 N–H and O–H groups in total. The lowest BCUT2D eigenvalue weighted by atomic mass is 10.0. The third kappa shape index (κ3) is 3.87. The van der Waals surface area contributed by atoms with Crippen molar-refractivity contribution < 1.29 is 0 Å². The Hall–Kier alpha value is -0.840. The van der Waals surface area contributed by atoms with E-state index in [4.69, 9.17) is 11.6 Å². The lowest BCUT2D eigenvalue weighted by molar-refractivity contribution is 0.540. The molecule has 5 heteroatoms. The van der Waals surface area contributed by atoms with Crippen molar-refractivity contribution in [2.75, 3.05) is 7.05 Å². The summed E-state index contributed by atoms with van der Waals surface area (Å²) in [4.78, 5) is 0. The highest BCUT2D eigenvalue weighted by Gasteiger charge is 2.15. The number of halogens is 2. The van der Waals surface area contributed by atoms with Gasteiger partial charge in [0.1, 0.15) is 0 Å². The van der Waals surface area contributed by atoms with E-state index in [0.29, 0.717) is 0 Å². The van der Waals surface area contributed by atoms with Gasteiger partial charge in [-0.2, -0.15) is 5.10 Å². The Morgan fingerprint density at radius 3 is 2.67 bits per heavy atom. The topological polar surface area (TPSA) is 29.9 Å². The van der Waals surface area contributed by atoms with Gasteiger partial charge in [0.2, 0.25) is 0 Å². The fraction of sp³-hybridized carbons (Fsp3) is 0.438.